The Bertz CT molecular complexity index is 3110. The average Bonchev–Trinajstić information content (AvgIpc) is 4.11. The van der Waals surface area contributed by atoms with E-state index in [2.05, 4.69) is 133 Å². The van der Waals surface area contributed by atoms with Crippen LogP contribution >= 0.6 is 0 Å². The monoisotopic (exact) mass is 1020 g/mol. The van der Waals surface area contributed by atoms with Gasteiger partial charge in [0.25, 0.3) is 0 Å². The number of hydrogen-bond acceptors (Lipinski definition) is 9. The van der Waals surface area contributed by atoms with Gasteiger partial charge < -0.3 is 35.6 Å². The third-order valence-corrected chi connectivity index (χ3v) is 20.6. The molecule has 5 N–H and O–H groups in total. The highest BCUT2D eigenvalue weighted by atomic mass is 16.6. The largest absolute Gasteiger partial charge is 0.508 e. The SMILES string of the molecule is CC[C@H](/C=C1\OC(=O)C2=C3c4cc(O)ccc4-c4cccc(c4)[C@@H]4/C=C/[C@]56CCC7=C(C(=O)OC7=CC[C@@]7([C@@H]8CCN[C@H](NC)C8)C[C@H](CCCO)[C@@H](Cc8cccc(c8)CCN4)C7)[C@@H]5[C@]21CC[C@@H]36)Cc1ccccc1. The second-order valence-corrected chi connectivity index (χ2v) is 24.3. The number of aliphatic hydroxyl groups is 1. The van der Waals surface area contributed by atoms with Crippen molar-refractivity contribution in [1.82, 2.24) is 16.0 Å². The standard InChI is InChI=1S/C67H75N3O6/c1-3-41(32-42-10-5-4-6-11-42)35-57-67-28-20-54-59(61(67)64(74)76-57)53-38-50(72)17-18-51(53)45-14-8-15-46(36-45)55-21-27-66(54)26-19-52-56(75-63(73)60(52)62(66)67)22-25-65(49-24-30-70-58(37-49)68-2)39-47(16-9-31-71)48(40-65)34-44-13-7-12-43(33-44)23-29-69-55/h4-8,10-15,17-18,21-22,27,33,35-36,38,41,47-49,54-55,58,62,68-72H,3,9,16,19-20,23-26,28-32,34,37,39-40H2,1-2H3/b27-21+,56-22?,57-35-/t41-,47-,48-,49+,54-,55-,58-,62-,65+,66-,67-/m0/s1. The van der Waals surface area contributed by atoms with Crippen LogP contribution in [0.25, 0.3) is 16.7 Å². The van der Waals surface area contributed by atoms with E-state index < -0.39 is 16.7 Å². The van der Waals surface area contributed by atoms with Gasteiger partial charge in [-0.15, -0.1) is 0 Å². The molecule has 9 heteroatoms. The minimum atomic E-state index is -0.970. The summed E-state index contributed by atoms with van der Waals surface area (Å²) < 4.78 is 13.6. The van der Waals surface area contributed by atoms with E-state index in [1.807, 2.05) is 12.1 Å². The minimum Gasteiger partial charge on any atom is -0.508 e. The number of aliphatic hydroxyl groups excluding tert-OH is 1. The lowest BCUT2D eigenvalue weighted by Crippen LogP contribution is -2.58. The number of nitrogens with one attached hydrogen (secondary N) is 3. The molecule has 4 fully saturated rings. The van der Waals surface area contributed by atoms with Crippen LogP contribution < -0.4 is 16.0 Å². The molecule has 0 aromatic heterocycles. The van der Waals surface area contributed by atoms with Crippen molar-refractivity contribution in [2.24, 2.45) is 51.8 Å². The summed E-state index contributed by atoms with van der Waals surface area (Å²) in [7, 11) is 2.06. The molecule has 2 saturated carbocycles. The Morgan fingerprint density at radius 1 is 0.855 bits per heavy atom. The van der Waals surface area contributed by atoms with Gasteiger partial charge in [-0.05, 0) is 220 Å². The molecular weight excluding hydrogens is 943 g/mol. The van der Waals surface area contributed by atoms with E-state index in [9.17, 15) is 10.2 Å². The first-order chi connectivity index (χ1) is 37.1. The number of ether oxygens (including phenoxy) is 2. The number of hydrogen-bond donors (Lipinski definition) is 5. The Morgan fingerprint density at radius 2 is 1.72 bits per heavy atom. The summed E-state index contributed by atoms with van der Waals surface area (Å²) in [5.74, 6) is 1.77. The lowest BCUT2D eigenvalue weighted by molar-refractivity contribution is -0.135. The molecule has 0 unspecified atom stereocenters. The van der Waals surface area contributed by atoms with E-state index in [-0.39, 0.29) is 53.8 Å². The predicted molar refractivity (Wildman–Crippen MR) is 297 cm³/mol. The Balaban J connectivity index is 1.04. The van der Waals surface area contributed by atoms with Crippen LogP contribution in [0.1, 0.15) is 118 Å². The number of benzene rings is 4. The van der Waals surface area contributed by atoms with Crippen LogP contribution in [0.3, 0.4) is 0 Å². The number of phenolic OH excluding ortho intramolecular Hbond substituents is 1. The maximum absolute atomic E-state index is 15.6. The molecule has 0 radical (unpaired) electrons. The summed E-state index contributed by atoms with van der Waals surface area (Å²) in [5.41, 5.74) is 9.66. The molecule has 2 spiro atoms. The van der Waals surface area contributed by atoms with Crippen molar-refractivity contribution in [2.75, 3.05) is 26.7 Å². The Labute approximate surface area is 449 Å². The van der Waals surface area contributed by atoms with E-state index in [1.165, 1.54) is 16.7 Å². The van der Waals surface area contributed by atoms with E-state index >= 15 is 9.59 Å². The van der Waals surface area contributed by atoms with Crippen molar-refractivity contribution < 1.29 is 29.3 Å². The molecule has 394 valence electrons. The highest BCUT2D eigenvalue weighted by molar-refractivity contribution is 6.08. The number of carbonyl (C=O) groups excluding carboxylic acids is 2. The Morgan fingerprint density at radius 3 is 2.58 bits per heavy atom. The summed E-state index contributed by atoms with van der Waals surface area (Å²) in [4.78, 5) is 31.0. The molecule has 9 nitrogen and oxygen atoms in total. The van der Waals surface area contributed by atoms with Gasteiger partial charge in [-0.3, -0.25) is 0 Å². The van der Waals surface area contributed by atoms with Crippen LogP contribution in [0.15, 0.2) is 150 Å². The number of carbonyl (C=O) groups is 2. The van der Waals surface area contributed by atoms with Crippen molar-refractivity contribution in [3.05, 3.63) is 177 Å². The van der Waals surface area contributed by atoms with Gasteiger partial charge in [-0.1, -0.05) is 97.9 Å². The Hall–Kier alpha value is -5.84. The van der Waals surface area contributed by atoms with Crippen LogP contribution in [0, 0.1) is 51.8 Å². The molecule has 5 aliphatic heterocycles. The maximum Gasteiger partial charge on any atom is 0.340 e. The molecule has 76 heavy (non-hydrogen) atoms. The molecule has 15 rings (SSSR count). The van der Waals surface area contributed by atoms with Gasteiger partial charge in [0.1, 0.15) is 17.3 Å². The van der Waals surface area contributed by atoms with Gasteiger partial charge in [0, 0.05) is 35.6 Å². The molecular formula is C67H75N3O6. The second kappa shape index (κ2) is 19.9. The maximum atomic E-state index is 15.6. The number of phenols is 1. The first-order valence-corrected chi connectivity index (χ1v) is 29.0. The molecule has 4 aromatic rings. The van der Waals surface area contributed by atoms with E-state index in [0.717, 1.165) is 136 Å². The van der Waals surface area contributed by atoms with Crippen molar-refractivity contribution >= 4 is 17.5 Å². The molecule has 2 saturated heterocycles. The third-order valence-electron chi connectivity index (χ3n) is 20.6. The molecule has 5 heterocycles. The zero-order valence-corrected chi connectivity index (χ0v) is 44.4. The number of fused-ring (bicyclic) bond motifs is 9. The zero-order valence-electron chi connectivity index (χ0n) is 44.4. The van der Waals surface area contributed by atoms with Gasteiger partial charge in [0.15, 0.2) is 0 Å². The normalized spacial score (nSPS) is 33.6. The van der Waals surface area contributed by atoms with Crippen LogP contribution in [0.4, 0.5) is 0 Å². The predicted octanol–water partition coefficient (Wildman–Crippen LogP) is 11.8. The summed E-state index contributed by atoms with van der Waals surface area (Å²) in [6.45, 7) is 4.12. The van der Waals surface area contributed by atoms with Crippen molar-refractivity contribution in [2.45, 2.75) is 115 Å². The highest BCUT2D eigenvalue weighted by Crippen LogP contribution is 2.77. The minimum absolute atomic E-state index is 0.0198. The topological polar surface area (TPSA) is 129 Å². The zero-order chi connectivity index (χ0) is 51.8. The van der Waals surface area contributed by atoms with Crippen molar-refractivity contribution in [1.29, 1.82) is 0 Å². The summed E-state index contributed by atoms with van der Waals surface area (Å²) in [5, 5.41) is 33.1. The lowest BCUT2D eigenvalue weighted by Gasteiger charge is -2.62. The van der Waals surface area contributed by atoms with Gasteiger partial charge in [0.2, 0.25) is 0 Å². The van der Waals surface area contributed by atoms with Crippen molar-refractivity contribution in [3.63, 3.8) is 0 Å². The van der Waals surface area contributed by atoms with E-state index in [4.69, 9.17) is 9.47 Å². The molecule has 4 aromatic carbocycles. The second-order valence-electron chi connectivity index (χ2n) is 24.3. The van der Waals surface area contributed by atoms with E-state index in [1.54, 1.807) is 6.07 Å². The van der Waals surface area contributed by atoms with Gasteiger partial charge in [-0.25, -0.2) is 9.59 Å². The quantitative estimate of drug-likeness (QED) is 0.0822. The van der Waals surface area contributed by atoms with Crippen molar-refractivity contribution in [3.8, 4) is 16.9 Å². The number of aromatic hydroxyl groups is 1. The first-order valence-electron chi connectivity index (χ1n) is 29.0. The molecule has 6 aliphatic carbocycles. The highest BCUT2D eigenvalue weighted by Gasteiger charge is 2.73. The lowest BCUT2D eigenvalue weighted by atomic mass is 9.38. The molecule has 11 atom stereocenters. The van der Waals surface area contributed by atoms with E-state index in [0.29, 0.717) is 47.7 Å². The molecule has 11 aliphatic rings. The fourth-order valence-electron chi connectivity index (χ4n) is 17.2. The Kier molecular flexibility index (Phi) is 13.0. The van der Waals surface area contributed by atoms with Gasteiger partial charge >= 0.3 is 11.9 Å². The number of cyclic esters (lactones) is 1. The van der Waals surface area contributed by atoms with Gasteiger partial charge in [0.05, 0.1) is 23.2 Å². The molecule has 0 amide bonds. The number of piperidine rings is 1. The third kappa shape index (κ3) is 8.24. The fourth-order valence-corrected chi connectivity index (χ4v) is 17.2. The van der Waals surface area contributed by atoms with Crippen LogP contribution in [0.5, 0.6) is 5.75 Å². The number of allylic oxidation sites excluding steroid dienone is 6. The first kappa shape index (κ1) is 49.7. The number of rotatable bonds is 9. The molecule has 14 bridgehead atoms. The van der Waals surface area contributed by atoms with Gasteiger partial charge in [-0.2, -0.15) is 0 Å². The van der Waals surface area contributed by atoms with Crippen LogP contribution in [-0.4, -0.2) is 55.1 Å². The summed E-state index contributed by atoms with van der Waals surface area (Å²) in [6, 6.07) is 34.2. The van der Waals surface area contributed by atoms with Crippen LogP contribution in [0.2, 0.25) is 0 Å². The number of esters is 2. The summed E-state index contributed by atoms with van der Waals surface area (Å²) >= 11 is 0. The average molecular weight is 1020 g/mol. The van der Waals surface area contributed by atoms with Crippen LogP contribution in [-0.2, 0) is 38.3 Å². The summed E-state index contributed by atoms with van der Waals surface area (Å²) in [6.07, 6.45) is 23.0. The smallest absolute Gasteiger partial charge is 0.340 e. The fraction of sp³-hybridized carbons (Fsp3) is 0.463.